The van der Waals surface area contributed by atoms with Gasteiger partial charge in [0.05, 0.1) is 11.4 Å². The number of para-hydroxylation sites is 1. The van der Waals surface area contributed by atoms with Crippen LogP contribution < -0.4 is 16.4 Å². The number of phenols is 1. The van der Waals surface area contributed by atoms with E-state index < -0.39 is 11.5 Å². The lowest BCUT2D eigenvalue weighted by Crippen LogP contribution is -2.39. The fourth-order valence-electron chi connectivity index (χ4n) is 3.35. The number of nitrogens with zero attached hydrogens (tertiary/aromatic N) is 1. The Balaban J connectivity index is 1.75. The number of carbonyl (C=O) groups excluding carboxylic acids is 1. The van der Waals surface area contributed by atoms with E-state index >= 15 is 0 Å². The third-order valence-corrected chi connectivity index (χ3v) is 4.88. The Labute approximate surface area is 184 Å². The number of nitrogens with one attached hydrogen (secondary N) is 3. The summed E-state index contributed by atoms with van der Waals surface area (Å²) in [4.78, 5) is 25.9. The normalized spacial score (nSPS) is 10.4. The highest BCUT2D eigenvalue weighted by atomic mass is 16.3. The van der Waals surface area contributed by atoms with Gasteiger partial charge in [-0.15, -0.1) is 0 Å². The third kappa shape index (κ3) is 4.13. The number of carbonyl (C=O) groups is 1. The summed E-state index contributed by atoms with van der Waals surface area (Å²) in [6, 6.07) is 25.0. The summed E-state index contributed by atoms with van der Waals surface area (Å²) in [5.41, 5.74) is 7.46. The predicted molar refractivity (Wildman–Crippen MR) is 123 cm³/mol. The van der Waals surface area contributed by atoms with Crippen molar-refractivity contribution in [2.24, 2.45) is 0 Å². The molecule has 158 valence electrons. The molecule has 0 radical (unpaired) electrons. The van der Waals surface area contributed by atoms with E-state index in [2.05, 4.69) is 27.6 Å². The number of hydrazine groups is 1. The molecule has 0 bridgehead atoms. The maximum Gasteiger partial charge on any atom is 0.277 e. The van der Waals surface area contributed by atoms with Crippen molar-refractivity contribution in [1.82, 2.24) is 21.0 Å². The van der Waals surface area contributed by atoms with E-state index in [1.54, 1.807) is 18.2 Å². The topological polar surface area (TPSA) is 107 Å². The minimum absolute atomic E-state index is 0.0114. The SMILES string of the molecule is C=C(NNC(=O)c1c(-c2ccccc2)c(-c2ccccc2)n[nH]c1=O)c1ccccc1O. The van der Waals surface area contributed by atoms with Crippen molar-refractivity contribution in [3.8, 4) is 28.1 Å². The molecule has 1 heterocycles. The van der Waals surface area contributed by atoms with Gasteiger partial charge in [-0.1, -0.05) is 79.4 Å². The summed E-state index contributed by atoms with van der Waals surface area (Å²) in [5, 5.41) is 16.6. The first kappa shape index (κ1) is 20.6. The smallest absolute Gasteiger partial charge is 0.277 e. The van der Waals surface area contributed by atoms with Crippen LogP contribution in [0.2, 0.25) is 0 Å². The van der Waals surface area contributed by atoms with E-state index in [1.165, 1.54) is 6.07 Å². The Morgan fingerprint density at radius 2 is 1.44 bits per heavy atom. The van der Waals surface area contributed by atoms with Crippen LogP contribution in [0, 0.1) is 0 Å². The van der Waals surface area contributed by atoms with Crippen LogP contribution in [0.25, 0.3) is 28.1 Å². The van der Waals surface area contributed by atoms with Crippen LogP contribution in [-0.4, -0.2) is 21.2 Å². The molecule has 0 saturated heterocycles. The van der Waals surface area contributed by atoms with Crippen LogP contribution in [0.3, 0.4) is 0 Å². The standard InChI is InChI=1S/C25H20N4O3/c1-16(19-14-8-9-15-20(19)30)26-28-24(31)22-21(17-10-4-2-5-11-17)23(27-29-25(22)32)18-12-6-3-7-13-18/h2-15,26,30H,1H2,(H,28,31)(H,29,32). The van der Waals surface area contributed by atoms with Gasteiger partial charge in [0.2, 0.25) is 0 Å². The van der Waals surface area contributed by atoms with Gasteiger partial charge in [-0.25, -0.2) is 5.10 Å². The third-order valence-electron chi connectivity index (χ3n) is 4.88. The monoisotopic (exact) mass is 424 g/mol. The molecule has 4 aromatic rings. The summed E-state index contributed by atoms with van der Waals surface area (Å²) in [7, 11) is 0. The summed E-state index contributed by atoms with van der Waals surface area (Å²) in [6.07, 6.45) is 0. The first-order valence-electron chi connectivity index (χ1n) is 9.83. The number of aromatic hydroxyl groups is 1. The van der Waals surface area contributed by atoms with Gasteiger partial charge >= 0.3 is 0 Å². The van der Waals surface area contributed by atoms with Crippen molar-refractivity contribution < 1.29 is 9.90 Å². The average molecular weight is 424 g/mol. The number of aromatic amines is 1. The second kappa shape index (κ2) is 9.01. The number of hydrogen-bond donors (Lipinski definition) is 4. The van der Waals surface area contributed by atoms with Crippen molar-refractivity contribution in [3.05, 3.63) is 113 Å². The van der Waals surface area contributed by atoms with Crippen LogP contribution in [0.5, 0.6) is 5.75 Å². The molecule has 0 saturated carbocycles. The fraction of sp³-hybridized carbons (Fsp3) is 0. The van der Waals surface area contributed by atoms with Crippen LogP contribution in [0.15, 0.2) is 96.3 Å². The number of rotatable bonds is 6. The van der Waals surface area contributed by atoms with Crippen molar-refractivity contribution in [3.63, 3.8) is 0 Å². The van der Waals surface area contributed by atoms with Crippen molar-refractivity contribution in [2.75, 3.05) is 0 Å². The molecule has 0 aliphatic carbocycles. The van der Waals surface area contributed by atoms with Crippen LogP contribution in [-0.2, 0) is 0 Å². The van der Waals surface area contributed by atoms with E-state index in [0.717, 1.165) is 5.56 Å². The molecule has 3 aromatic carbocycles. The summed E-state index contributed by atoms with van der Waals surface area (Å²) in [6.45, 7) is 3.84. The second-order valence-corrected chi connectivity index (χ2v) is 6.96. The van der Waals surface area contributed by atoms with E-state index in [-0.39, 0.29) is 17.0 Å². The van der Waals surface area contributed by atoms with Crippen LogP contribution in [0.4, 0.5) is 0 Å². The lowest BCUT2D eigenvalue weighted by atomic mass is 9.95. The number of phenolic OH excluding ortho intramolecular Hbond substituents is 1. The molecular weight excluding hydrogens is 404 g/mol. The van der Waals surface area contributed by atoms with E-state index in [1.807, 2.05) is 60.7 Å². The first-order valence-corrected chi connectivity index (χ1v) is 9.83. The molecule has 7 nitrogen and oxygen atoms in total. The van der Waals surface area contributed by atoms with Gasteiger partial charge in [-0.05, 0) is 17.7 Å². The number of H-pyrrole nitrogens is 1. The first-order chi connectivity index (χ1) is 15.6. The van der Waals surface area contributed by atoms with E-state index in [4.69, 9.17) is 0 Å². The molecule has 0 atom stereocenters. The minimum Gasteiger partial charge on any atom is -0.507 e. The Morgan fingerprint density at radius 1 is 0.844 bits per heavy atom. The highest BCUT2D eigenvalue weighted by Gasteiger charge is 2.23. The second-order valence-electron chi connectivity index (χ2n) is 6.96. The summed E-state index contributed by atoms with van der Waals surface area (Å²) >= 11 is 0. The van der Waals surface area contributed by atoms with Crippen molar-refractivity contribution in [1.29, 1.82) is 0 Å². The minimum atomic E-state index is -0.666. The number of benzene rings is 3. The lowest BCUT2D eigenvalue weighted by Gasteiger charge is -2.15. The Bertz CT molecular complexity index is 1330. The van der Waals surface area contributed by atoms with Gasteiger partial charge in [-0.3, -0.25) is 20.4 Å². The molecule has 1 amide bonds. The predicted octanol–water partition coefficient (Wildman–Crippen LogP) is 3.71. The van der Waals surface area contributed by atoms with Gasteiger partial charge in [0.1, 0.15) is 11.3 Å². The number of aromatic nitrogens is 2. The molecule has 0 aliphatic heterocycles. The largest absolute Gasteiger partial charge is 0.507 e. The van der Waals surface area contributed by atoms with Crippen LogP contribution >= 0.6 is 0 Å². The molecule has 0 fully saturated rings. The van der Waals surface area contributed by atoms with Gasteiger partial charge in [0.15, 0.2) is 0 Å². The highest BCUT2D eigenvalue weighted by molar-refractivity contribution is 6.03. The van der Waals surface area contributed by atoms with Crippen molar-refractivity contribution in [2.45, 2.75) is 0 Å². The van der Waals surface area contributed by atoms with Gasteiger partial charge in [-0.2, -0.15) is 5.10 Å². The van der Waals surface area contributed by atoms with Crippen LogP contribution in [0.1, 0.15) is 15.9 Å². The molecule has 32 heavy (non-hydrogen) atoms. The van der Waals surface area contributed by atoms with E-state index in [0.29, 0.717) is 22.4 Å². The molecule has 0 unspecified atom stereocenters. The molecule has 1 aromatic heterocycles. The summed E-state index contributed by atoms with van der Waals surface area (Å²) < 4.78 is 0. The Hall–Kier alpha value is -4.65. The van der Waals surface area contributed by atoms with Gasteiger partial charge < -0.3 is 5.11 Å². The zero-order valence-electron chi connectivity index (χ0n) is 17.0. The molecular formula is C25H20N4O3. The Morgan fingerprint density at radius 3 is 2.09 bits per heavy atom. The number of hydrogen-bond acceptors (Lipinski definition) is 5. The Kier molecular flexibility index (Phi) is 5.81. The maximum atomic E-state index is 13.1. The van der Waals surface area contributed by atoms with E-state index in [9.17, 15) is 14.7 Å². The quantitative estimate of drug-likeness (QED) is 0.353. The van der Waals surface area contributed by atoms with Gasteiger partial charge in [0, 0.05) is 16.7 Å². The molecule has 7 heteroatoms. The number of amides is 1. The average Bonchev–Trinajstić information content (AvgIpc) is 2.83. The fourth-order valence-corrected chi connectivity index (χ4v) is 3.35. The maximum absolute atomic E-state index is 13.1. The highest BCUT2D eigenvalue weighted by Crippen LogP contribution is 2.31. The summed E-state index contributed by atoms with van der Waals surface area (Å²) in [5.74, 6) is -0.654. The lowest BCUT2D eigenvalue weighted by molar-refractivity contribution is 0.0941. The molecule has 4 N–H and O–H groups in total. The molecule has 0 aliphatic rings. The molecule has 4 rings (SSSR count). The van der Waals surface area contributed by atoms with Gasteiger partial charge in [0.25, 0.3) is 11.5 Å². The van der Waals surface area contributed by atoms with Crippen molar-refractivity contribution >= 4 is 11.6 Å². The zero-order chi connectivity index (χ0) is 22.5. The molecule has 0 spiro atoms. The zero-order valence-corrected chi connectivity index (χ0v) is 17.0.